The van der Waals surface area contributed by atoms with Crippen LogP contribution in [0.1, 0.15) is 50.7 Å². The molecule has 3 rings (SSSR count). The Hall–Kier alpha value is -1.91. The average molecular weight is 487 g/mol. The number of unbranched alkanes of at least 4 members (excludes halogenated alkanes) is 2. The molecule has 0 unspecified atom stereocenters. The first kappa shape index (κ1) is 26.7. The van der Waals surface area contributed by atoms with E-state index in [4.69, 9.17) is 0 Å². The van der Waals surface area contributed by atoms with E-state index in [1.54, 1.807) is 10.4 Å². The van der Waals surface area contributed by atoms with Gasteiger partial charge in [0.25, 0.3) is 0 Å². The Labute approximate surface area is 211 Å². The molecular formula is C32H46Si2. The molecule has 0 aliphatic rings. The molecule has 0 aromatic heterocycles. The van der Waals surface area contributed by atoms with Crippen molar-refractivity contribution in [3.05, 3.63) is 71.8 Å². The molecule has 0 amide bonds. The van der Waals surface area contributed by atoms with Crippen LogP contribution >= 0.6 is 0 Å². The van der Waals surface area contributed by atoms with Gasteiger partial charge in [-0.3, -0.25) is 0 Å². The van der Waals surface area contributed by atoms with Gasteiger partial charge < -0.3 is 0 Å². The Kier molecular flexibility index (Phi) is 8.81. The molecule has 0 saturated heterocycles. The molecule has 3 aromatic rings. The molecule has 34 heavy (non-hydrogen) atoms. The van der Waals surface area contributed by atoms with Gasteiger partial charge in [-0.2, -0.15) is 0 Å². The zero-order valence-electron chi connectivity index (χ0n) is 23.0. The highest BCUT2D eigenvalue weighted by atomic mass is 28.3. The van der Waals surface area contributed by atoms with Gasteiger partial charge >= 0.3 is 0 Å². The van der Waals surface area contributed by atoms with Crippen molar-refractivity contribution >= 4 is 26.5 Å². The highest BCUT2D eigenvalue weighted by Crippen LogP contribution is 2.33. The minimum atomic E-state index is -1.55. The van der Waals surface area contributed by atoms with Crippen molar-refractivity contribution < 1.29 is 0 Å². The minimum absolute atomic E-state index is 1.18. The van der Waals surface area contributed by atoms with Crippen molar-refractivity contribution in [2.24, 2.45) is 0 Å². The maximum absolute atomic E-state index is 2.49. The highest BCUT2D eigenvalue weighted by Gasteiger charge is 2.29. The van der Waals surface area contributed by atoms with Crippen LogP contribution < -0.4 is 10.4 Å². The maximum atomic E-state index is 2.49. The maximum Gasteiger partial charge on any atom is 0.0784 e. The molecule has 0 N–H and O–H groups in total. The second-order valence-electron chi connectivity index (χ2n) is 12.0. The topological polar surface area (TPSA) is 0 Å². The lowest BCUT2D eigenvalue weighted by atomic mass is 9.92. The predicted molar refractivity (Wildman–Crippen MR) is 160 cm³/mol. The summed E-state index contributed by atoms with van der Waals surface area (Å²) in [5, 5.41) is 3.17. The van der Waals surface area contributed by atoms with E-state index in [2.05, 4.69) is 114 Å². The van der Waals surface area contributed by atoms with Crippen LogP contribution in [0.5, 0.6) is 0 Å². The summed E-state index contributed by atoms with van der Waals surface area (Å²) in [5.74, 6) is 0. The molecule has 3 aromatic carbocycles. The molecular weight excluding hydrogens is 441 g/mol. The van der Waals surface area contributed by atoms with Gasteiger partial charge in [-0.15, -0.1) is 0 Å². The van der Waals surface area contributed by atoms with Crippen LogP contribution in [-0.4, -0.2) is 16.1 Å². The van der Waals surface area contributed by atoms with E-state index in [-0.39, 0.29) is 0 Å². The Morgan fingerprint density at radius 3 is 1.06 bits per heavy atom. The van der Waals surface area contributed by atoms with Crippen LogP contribution in [0.15, 0.2) is 60.7 Å². The quantitative estimate of drug-likeness (QED) is 0.251. The minimum Gasteiger partial charge on any atom is -0.0656 e. The van der Waals surface area contributed by atoms with Crippen LogP contribution in [0.3, 0.4) is 0 Å². The van der Waals surface area contributed by atoms with E-state index in [1.807, 2.05) is 0 Å². The SMILES string of the molecule is CCCCc1ccc(-c2c([Si](C)(C)C)ccc([Si](C)(C)C)c2-c2ccc(CCCC)cc2)cc1. The molecule has 0 fully saturated rings. The van der Waals surface area contributed by atoms with Crippen molar-refractivity contribution in [2.75, 3.05) is 0 Å². The van der Waals surface area contributed by atoms with Gasteiger partial charge in [0.1, 0.15) is 0 Å². The predicted octanol–water partition coefficient (Wildman–Crippen LogP) is 8.80. The lowest BCUT2D eigenvalue weighted by Gasteiger charge is -2.30. The fourth-order valence-corrected chi connectivity index (χ4v) is 8.10. The zero-order valence-corrected chi connectivity index (χ0v) is 25.0. The second-order valence-corrected chi connectivity index (χ2v) is 22.1. The first-order chi connectivity index (χ1) is 16.1. The fraction of sp³-hybridized carbons (Fsp3) is 0.438. The Bertz CT molecular complexity index is 974. The lowest BCUT2D eigenvalue weighted by molar-refractivity contribution is 0.795. The van der Waals surface area contributed by atoms with Crippen molar-refractivity contribution in [2.45, 2.75) is 91.7 Å². The number of rotatable bonds is 10. The zero-order chi connectivity index (χ0) is 24.9. The van der Waals surface area contributed by atoms with Gasteiger partial charge in [0.05, 0.1) is 16.1 Å². The highest BCUT2D eigenvalue weighted by molar-refractivity contribution is 6.92. The number of hydrogen-bond donors (Lipinski definition) is 0. The smallest absolute Gasteiger partial charge is 0.0656 e. The van der Waals surface area contributed by atoms with Crippen molar-refractivity contribution in [1.29, 1.82) is 0 Å². The van der Waals surface area contributed by atoms with Crippen LogP contribution in [0.2, 0.25) is 39.3 Å². The van der Waals surface area contributed by atoms with E-state index in [9.17, 15) is 0 Å². The van der Waals surface area contributed by atoms with Gasteiger partial charge in [0, 0.05) is 0 Å². The third-order valence-corrected chi connectivity index (χ3v) is 11.0. The lowest BCUT2D eigenvalue weighted by Crippen LogP contribution is -2.45. The van der Waals surface area contributed by atoms with Gasteiger partial charge in [0.15, 0.2) is 0 Å². The van der Waals surface area contributed by atoms with Gasteiger partial charge in [-0.25, -0.2) is 0 Å². The summed E-state index contributed by atoms with van der Waals surface area (Å²) >= 11 is 0. The first-order valence-electron chi connectivity index (χ1n) is 13.4. The van der Waals surface area contributed by atoms with E-state index in [0.717, 1.165) is 0 Å². The summed E-state index contributed by atoms with van der Waals surface area (Å²) in [7, 11) is -3.11. The molecule has 0 atom stereocenters. The number of benzene rings is 3. The van der Waals surface area contributed by atoms with Gasteiger partial charge in [0.2, 0.25) is 0 Å². The van der Waals surface area contributed by atoms with E-state index in [1.165, 1.54) is 71.9 Å². The molecule has 0 radical (unpaired) electrons. The molecule has 0 spiro atoms. The Balaban J connectivity index is 2.26. The third-order valence-electron chi connectivity index (χ3n) is 6.94. The van der Waals surface area contributed by atoms with Crippen molar-refractivity contribution in [1.82, 2.24) is 0 Å². The molecule has 0 heterocycles. The monoisotopic (exact) mass is 486 g/mol. The molecule has 182 valence electrons. The van der Waals surface area contributed by atoms with E-state index in [0.29, 0.717) is 0 Å². The van der Waals surface area contributed by atoms with Crippen molar-refractivity contribution in [3.63, 3.8) is 0 Å². The second kappa shape index (κ2) is 11.2. The molecule has 0 saturated carbocycles. The summed E-state index contributed by atoms with van der Waals surface area (Å²) in [5.41, 5.74) is 8.71. The summed E-state index contributed by atoms with van der Waals surface area (Å²) in [6.07, 6.45) is 7.38. The summed E-state index contributed by atoms with van der Waals surface area (Å²) < 4.78 is 0. The molecule has 0 aliphatic heterocycles. The summed E-state index contributed by atoms with van der Waals surface area (Å²) in [6, 6.07) is 24.1. The normalized spacial score (nSPS) is 12.2. The summed E-state index contributed by atoms with van der Waals surface area (Å²) in [4.78, 5) is 0. The standard InChI is InChI=1S/C32H46Si2/c1-9-11-13-25-15-19-27(20-16-25)31-29(33(3,4)5)23-24-30(34(6,7)8)32(31)28-21-17-26(18-22-28)14-12-10-2/h15-24H,9-14H2,1-8H3. The van der Waals surface area contributed by atoms with Gasteiger partial charge in [-0.05, 0) is 59.1 Å². The van der Waals surface area contributed by atoms with Crippen LogP contribution in [-0.2, 0) is 12.8 Å². The first-order valence-corrected chi connectivity index (χ1v) is 20.4. The van der Waals surface area contributed by atoms with Gasteiger partial charge in [-0.1, -0.05) is 137 Å². The Morgan fingerprint density at radius 2 is 0.794 bits per heavy atom. The van der Waals surface area contributed by atoms with E-state index < -0.39 is 16.1 Å². The molecule has 0 nitrogen and oxygen atoms in total. The molecule has 2 heteroatoms. The largest absolute Gasteiger partial charge is 0.0784 e. The number of hydrogen-bond acceptors (Lipinski definition) is 0. The Morgan fingerprint density at radius 1 is 0.471 bits per heavy atom. The van der Waals surface area contributed by atoms with Crippen LogP contribution in [0, 0.1) is 0 Å². The third kappa shape index (κ3) is 6.40. The average Bonchev–Trinajstić information content (AvgIpc) is 2.80. The van der Waals surface area contributed by atoms with Crippen molar-refractivity contribution in [3.8, 4) is 22.3 Å². The molecule has 0 bridgehead atoms. The fourth-order valence-electron chi connectivity index (χ4n) is 4.89. The van der Waals surface area contributed by atoms with E-state index >= 15 is 0 Å². The molecule has 0 aliphatic carbocycles. The number of aryl methyl sites for hydroxylation is 2. The van der Waals surface area contributed by atoms with Crippen LogP contribution in [0.25, 0.3) is 22.3 Å². The van der Waals surface area contributed by atoms with Crippen LogP contribution in [0.4, 0.5) is 0 Å². The summed E-state index contributed by atoms with van der Waals surface area (Å²) in [6.45, 7) is 19.5.